The Hall–Kier alpha value is -2.54. The van der Waals surface area contributed by atoms with Crippen LogP contribution < -0.4 is 5.32 Å². The fourth-order valence-corrected chi connectivity index (χ4v) is 5.53. The fourth-order valence-electron chi connectivity index (χ4n) is 5.53. The Morgan fingerprint density at radius 2 is 1.45 bits per heavy atom. The van der Waals surface area contributed by atoms with E-state index in [2.05, 4.69) is 79.2 Å². The normalized spacial score (nSPS) is 37.6. The molecule has 0 aromatic rings. The van der Waals surface area contributed by atoms with E-state index in [0.717, 1.165) is 31.2 Å². The standard InChI is InChI=1S/C30H35N/c1-2-31-21-29-17-13-23-10-7-11-25-19-27-16-15-26(27)18-24(25)9-6-4-3-5-8-22-12-14-28(22)20-30(23)29/h3-11,20-21,26-27,31H,2,12-19H2,1H3/b4-3?,5-3+,6-4-,8-5?,9-6?,10-7?,11-7?,22-8-,23-10?,24-9-,25-11-,28-20-,29-21+,30-20?. The highest BCUT2D eigenvalue weighted by Crippen LogP contribution is 2.49. The van der Waals surface area contributed by atoms with Crippen LogP contribution in [-0.4, -0.2) is 6.54 Å². The van der Waals surface area contributed by atoms with Gasteiger partial charge < -0.3 is 5.32 Å². The second kappa shape index (κ2) is 9.30. The highest BCUT2D eigenvalue weighted by molar-refractivity contribution is 5.57. The molecule has 0 aromatic carbocycles. The van der Waals surface area contributed by atoms with E-state index in [1.165, 1.54) is 66.4 Å². The lowest BCUT2D eigenvalue weighted by Crippen LogP contribution is -2.30. The summed E-state index contributed by atoms with van der Waals surface area (Å²) >= 11 is 0. The van der Waals surface area contributed by atoms with Gasteiger partial charge >= 0.3 is 0 Å². The average molecular weight is 410 g/mol. The van der Waals surface area contributed by atoms with Gasteiger partial charge in [-0.1, -0.05) is 60.8 Å². The number of allylic oxidation sites excluding steroid dienone is 17. The Morgan fingerprint density at radius 1 is 0.774 bits per heavy atom. The van der Waals surface area contributed by atoms with E-state index in [4.69, 9.17) is 0 Å². The number of rotatable bonds is 2. The topological polar surface area (TPSA) is 12.0 Å². The highest BCUT2D eigenvalue weighted by Gasteiger charge is 2.36. The van der Waals surface area contributed by atoms with Crippen molar-refractivity contribution in [2.24, 2.45) is 11.8 Å². The van der Waals surface area contributed by atoms with Crippen LogP contribution in [0.4, 0.5) is 0 Å². The summed E-state index contributed by atoms with van der Waals surface area (Å²) in [6.07, 6.45) is 35.4. The first-order valence-corrected chi connectivity index (χ1v) is 12.3. The van der Waals surface area contributed by atoms with Crippen LogP contribution in [0, 0.1) is 11.8 Å². The zero-order chi connectivity index (χ0) is 21.0. The Bertz CT molecular complexity index is 999. The van der Waals surface area contributed by atoms with Crippen molar-refractivity contribution in [2.75, 3.05) is 6.54 Å². The van der Waals surface area contributed by atoms with Gasteiger partial charge in [-0.25, -0.2) is 0 Å². The number of hydrogen-bond acceptors (Lipinski definition) is 1. The van der Waals surface area contributed by atoms with Crippen LogP contribution in [0.1, 0.15) is 58.3 Å². The first kappa shape index (κ1) is 20.4. The predicted octanol–water partition coefficient (Wildman–Crippen LogP) is 7.57. The molecule has 0 amide bonds. The van der Waals surface area contributed by atoms with Gasteiger partial charge in [0.05, 0.1) is 0 Å². The van der Waals surface area contributed by atoms with Crippen LogP contribution in [0.15, 0.2) is 106 Å². The first-order chi connectivity index (χ1) is 15.3. The van der Waals surface area contributed by atoms with Gasteiger partial charge in [0.25, 0.3) is 0 Å². The molecule has 160 valence electrons. The van der Waals surface area contributed by atoms with E-state index >= 15 is 0 Å². The third kappa shape index (κ3) is 4.42. The molecular weight excluding hydrogens is 374 g/mol. The van der Waals surface area contributed by atoms with Gasteiger partial charge in [0.2, 0.25) is 0 Å². The molecule has 0 aliphatic heterocycles. The van der Waals surface area contributed by atoms with Crippen LogP contribution >= 0.6 is 0 Å². The van der Waals surface area contributed by atoms with Crippen LogP contribution in [0.3, 0.4) is 0 Å². The third-order valence-electron chi connectivity index (χ3n) is 7.71. The Labute approximate surface area is 188 Å². The molecule has 2 unspecified atom stereocenters. The van der Waals surface area contributed by atoms with Gasteiger partial charge in [-0.3, -0.25) is 0 Å². The van der Waals surface area contributed by atoms with Crippen molar-refractivity contribution >= 4 is 0 Å². The molecule has 1 nitrogen and oxygen atoms in total. The Morgan fingerprint density at radius 3 is 2.10 bits per heavy atom. The van der Waals surface area contributed by atoms with Gasteiger partial charge in [0.1, 0.15) is 0 Å². The summed E-state index contributed by atoms with van der Waals surface area (Å²) < 4.78 is 0. The summed E-state index contributed by atoms with van der Waals surface area (Å²) in [5.74, 6) is 1.85. The lowest BCUT2D eigenvalue weighted by Gasteiger charge is -2.42. The van der Waals surface area contributed by atoms with Gasteiger partial charge in [0, 0.05) is 12.7 Å². The summed E-state index contributed by atoms with van der Waals surface area (Å²) in [6.45, 7) is 3.14. The van der Waals surface area contributed by atoms with Crippen molar-refractivity contribution < 1.29 is 0 Å². The second-order valence-corrected chi connectivity index (χ2v) is 9.55. The lowest BCUT2D eigenvalue weighted by molar-refractivity contribution is 0.160. The predicted molar refractivity (Wildman–Crippen MR) is 132 cm³/mol. The van der Waals surface area contributed by atoms with E-state index in [1.807, 2.05) is 0 Å². The molecule has 5 rings (SSSR count). The van der Waals surface area contributed by atoms with Crippen molar-refractivity contribution in [1.82, 2.24) is 5.32 Å². The zero-order valence-corrected chi connectivity index (χ0v) is 18.9. The van der Waals surface area contributed by atoms with Crippen molar-refractivity contribution in [3.05, 3.63) is 106 Å². The molecule has 0 bridgehead atoms. The average Bonchev–Trinajstić information content (AvgIpc) is 3.12. The second-order valence-electron chi connectivity index (χ2n) is 9.55. The molecule has 0 aromatic heterocycles. The summed E-state index contributed by atoms with van der Waals surface area (Å²) in [4.78, 5) is 0. The maximum atomic E-state index is 3.44. The van der Waals surface area contributed by atoms with Crippen molar-refractivity contribution in [1.29, 1.82) is 0 Å². The molecule has 1 N–H and O–H groups in total. The van der Waals surface area contributed by atoms with Crippen molar-refractivity contribution in [3.8, 4) is 0 Å². The van der Waals surface area contributed by atoms with E-state index in [0.29, 0.717) is 0 Å². The summed E-state index contributed by atoms with van der Waals surface area (Å²) in [5, 5.41) is 3.44. The largest absolute Gasteiger partial charge is 0.391 e. The SMILES string of the molecule is CCN/C=C1\CCC2=C1/C=C1/CC/C1=C/C=C/C=C\C=C1\CC3CCC3C\C1=C\C=C2. The number of fused-ring (bicyclic) bond motifs is 3. The lowest BCUT2D eigenvalue weighted by atomic mass is 9.62. The third-order valence-corrected chi connectivity index (χ3v) is 7.71. The molecule has 3 fully saturated rings. The van der Waals surface area contributed by atoms with E-state index in [-0.39, 0.29) is 0 Å². The smallest absolute Gasteiger partial charge is 0.0113 e. The molecule has 5 aliphatic carbocycles. The monoisotopic (exact) mass is 409 g/mol. The molecular formula is C30H35N. The molecule has 31 heavy (non-hydrogen) atoms. The quantitative estimate of drug-likeness (QED) is 0.496. The zero-order valence-electron chi connectivity index (χ0n) is 18.9. The molecule has 1 heteroatoms. The molecule has 5 aliphatic rings. The van der Waals surface area contributed by atoms with Crippen molar-refractivity contribution in [2.45, 2.75) is 58.3 Å². The summed E-state index contributed by atoms with van der Waals surface area (Å²) in [6, 6.07) is 0. The fraction of sp³-hybridized carbons (Fsp3) is 0.400. The van der Waals surface area contributed by atoms with E-state index < -0.39 is 0 Å². The molecule has 2 atom stereocenters. The molecule has 0 heterocycles. The maximum absolute atomic E-state index is 3.44. The van der Waals surface area contributed by atoms with Crippen LogP contribution in [-0.2, 0) is 0 Å². The molecule has 0 radical (unpaired) electrons. The van der Waals surface area contributed by atoms with Crippen LogP contribution in [0.5, 0.6) is 0 Å². The Balaban J connectivity index is 1.52. The first-order valence-electron chi connectivity index (χ1n) is 12.3. The summed E-state index contributed by atoms with van der Waals surface area (Å²) in [7, 11) is 0. The minimum Gasteiger partial charge on any atom is -0.391 e. The maximum Gasteiger partial charge on any atom is 0.0113 e. The highest BCUT2D eigenvalue weighted by atomic mass is 14.8. The molecule has 3 saturated carbocycles. The van der Waals surface area contributed by atoms with Gasteiger partial charge in [-0.15, -0.1) is 0 Å². The summed E-state index contributed by atoms with van der Waals surface area (Å²) in [5.41, 5.74) is 10.5. The van der Waals surface area contributed by atoms with Gasteiger partial charge in [-0.05, 0) is 109 Å². The van der Waals surface area contributed by atoms with Gasteiger partial charge in [-0.2, -0.15) is 0 Å². The van der Waals surface area contributed by atoms with Crippen molar-refractivity contribution in [3.63, 3.8) is 0 Å². The van der Waals surface area contributed by atoms with E-state index in [1.54, 1.807) is 11.1 Å². The van der Waals surface area contributed by atoms with Crippen LogP contribution in [0.25, 0.3) is 0 Å². The number of nitrogens with one attached hydrogen (secondary N) is 1. The molecule has 0 saturated heterocycles. The minimum atomic E-state index is 0.925. The van der Waals surface area contributed by atoms with Crippen LogP contribution in [0.2, 0.25) is 0 Å². The molecule has 0 spiro atoms. The minimum absolute atomic E-state index is 0.925. The van der Waals surface area contributed by atoms with Gasteiger partial charge in [0.15, 0.2) is 0 Å². The Kier molecular flexibility index (Phi) is 6.11. The van der Waals surface area contributed by atoms with E-state index in [9.17, 15) is 0 Å². The number of hydrogen-bond donors (Lipinski definition) is 1.